The summed E-state index contributed by atoms with van der Waals surface area (Å²) < 4.78 is 14.1. The van der Waals surface area contributed by atoms with E-state index in [9.17, 15) is 9.59 Å². The number of benzene rings is 1. The minimum absolute atomic E-state index is 0.0300. The van der Waals surface area contributed by atoms with Gasteiger partial charge in [-0.05, 0) is 5.56 Å². The predicted octanol–water partition coefficient (Wildman–Crippen LogP) is 3.79. The first-order chi connectivity index (χ1) is 16.1. The van der Waals surface area contributed by atoms with Crippen molar-refractivity contribution >= 4 is 11.9 Å². The molecule has 4 fully saturated rings. The molecule has 0 aliphatic carbocycles. The Hall–Kier alpha value is -1.92. The van der Waals surface area contributed by atoms with Gasteiger partial charge in [-0.1, -0.05) is 30.3 Å². The smallest absolute Gasteiger partial charge is 0.314 e. The number of quaternary nitrogens is 2. The molecule has 6 atom stereocenters. The molecule has 0 N–H and O–H groups in total. The van der Waals surface area contributed by atoms with Crippen LogP contribution in [0.4, 0.5) is 0 Å². The Morgan fingerprint density at radius 1 is 0.765 bits per heavy atom. The number of rotatable bonds is 6. The molecule has 4 bridgehead atoms. The lowest BCUT2D eigenvalue weighted by Gasteiger charge is -2.44. The molecule has 4 saturated heterocycles. The van der Waals surface area contributed by atoms with Crippen LogP contribution in [0.3, 0.4) is 0 Å². The van der Waals surface area contributed by atoms with E-state index in [1.807, 2.05) is 30.3 Å². The van der Waals surface area contributed by atoms with Crippen LogP contribution in [0.15, 0.2) is 30.3 Å². The van der Waals surface area contributed by atoms with Crippen LogP contribution < -0.4 is 0 Å². The average Bonchev–Trinajstić information content (AvgIpc) is 3.05. The van der Waals surface area contributed by atoms with Crippen LogP contribution in [0.5, 0.6) is 0 Å². The highest BCUT2D eigenvalue weighted by atomic mass is 16.6. The molecule has 1 aromatic carbocycles. The fraction of sp³-hybridized carbons (Fsp3) is 0.714. The number of carbonyl (C=O) groups excluding carboxylic acids is 2. The van der Waals surface area contributed by atoms with Crippen molar-refractivity contribution in [2.45, 2.75) is 100 Å². The normalized spacial score (nSPS) is 36.0. The van der Waals surface area contributed by atoms with Gasteiger partial charge >= 0.3 is 11.9 Å². The first kappa shape index (κ1) is 23.8. The van der Waals surface area contributed by atoms with Crippen molar-refractivity contribution in [3.63, 3.8) is 0 Å². The number of hydrogen-bond donors (Lipinski definition) is 0. The second-order valence-corrected chi connectivity index (χ2v) is 12.3. The number of esters is 2. The van der Waals surface area contributed by atoms with Gasteiger partial charge in [-0.2, -0.15) is 0 Å². The summed E-state index contributed by atoms with van der Waals surface area (Å²) in [6, 6.07) is 11.9. The Labute approximate surface area is 204 Å². The Bertz CT molecular complexity index is 882. The van der Waals surface area contributed by atoms with E-state index in [0.717, 1.165) is 40.2 Å². The lowest BCUT2D eigenvalue weighted by molar-refractivity contribution is -0.931. The third kappa shape index (κ3) is 4.39. The van der Waals surface area contributed by atoms with E-state index in [4.69, 9.17) is 9.47 Å². The summed E-state index contributed by atoms with van der Waals surface area (Å²) >= 11 is 0. The lowest BCUT2D eigenvalue weighted by atomic mass is 9.94. The largest absolute Gasteiger partial charge is 0.462 e. The molecule has 4 aliphatic rings. The second kappa shape index (κ2) is 8.94. The van der Waals surface area contributed by atoms with Gasteiger partial charge in [0.25, 0.3) is 0 Å². The summed E-state index contributed by atoms with van der Waals surface area (Å²) in [5.74, 6) is -1.16. The van der Waals surface area contributed by atoms with Gasteiger partial charge in [-0.15, -0.1) is 0 Å². The Morgan fingerprint density at radius 2 is 1.21 bits per heavy atom. The van der Waals surface area contributed by atoms with E-state index in [2.05, 4.69) is 28.2 Å². The van der Waals surface area contributed by atoms with Crippen LogP contribution in [0, 0.1) is 0 Å². The summed E-state index contributed by atoms with van der Waals surface area (Å²) in [7, 11) is 9.22. The zero-order valence-corrected chi connectivity index (χ0v) is 21.3. The van der Waals surface area contributed by atoms with E-state index in [1.54, 1.807) is 0 Å². The average molecular weight is 471 g/mol. The minimum Gasteiger partial charge on any atom is -0.462 e. The maximum atomic E-state index is 13.4. The van der Waals surface area contributed by atoms with Gasteiger partial charge in [0.15, 0.2) is 0 Å². The molecule has 4 aliphatic heterocycles. The van der Waals surface area contributed by atoms with Crippen LogP contribution in [0.1, 0.15) is 69.3 Å². The minimum atomic E-state index is -0.608. The molecule has 0 saturated carbocycles. The van der Waals surface area contributed by atoms with Crippen molar-refractivity contribution in [1.29, 1.82) is 0 Å². The molecule has 4 heterocycles. The lowest BCUT2D eigenvalue weighted by Crippen LogP contribution is -2.56. The number of nitrogens with zero attached hydrogens (tertiary/aromatic N) is 2. The third-order valence-corrected chi connectivity index (χ3v) is 10.0. The van der Waals surface area contributed by atoms with Crippen molar-refractivity contribution in [2.24, 2.45) is 0 Å². The summed E-state index contributed by atoms with van der Waals surface area (Å²) in [5, 5.41) is 0. The van der Waals surface area contributed by atoms with Gasteiger partial charge in [-0.25, -0.2) is 0 Å². The molecular weight excluding hydrogens is 428 g/mol. The van der Waals surface area contributed by atoms with E-state index in [-0.39, 0.29) is 30.6 Å². The zero-order chi connectivity index (χ0) is 24.1. The fourth-order valence-corrected chi connectivity index (χ4v) is 7.52. The molecule has 6 nitrogen and oxygen atoms in total. The van der Waals surface area contributed by atoms with E-state index in [1.165, 1.54) is 25.7 Å². The predicted molar refractivity (Wildman–Crippen MR) is 130 cm³/mol. The molecule has 0 aromatic heterocycles. The van der Waals surface area contributed by atoms with Crippen LogP contribution >= 0.6 is 0 Å². The van der Waals surface area contributed by atoms with Crippen LogP contribution in [0.25, 0.3) is 0 Å². The number of carbonyl (C=O) groups is 2. The first-order valence-corrected chi connectivity index (χ1v) is 13.3. The Morgan fingerprint density at radius 3 is 1.68 bits per heavy atom. The van der Waals surface area contributed by atoms with Crippen molar-refractivity contribution in [3.8, 4) is 0 Å². The Kier molecular flexibility index (Phi) is 6.26. The summed E-state index contributed by atoms with van der Waals surface area (Å²) in [6.45, 7) is 0. The van der Waals surface area contributed by atoms with Gasteiger partial charge in [-0.3, -0.25) is 9.59 Å². The number of piperidine rings is 2. The molecule has 1 aromatic rings. The van der Waals surface area contributed by atoms with Gasteiger partial charge in [0.1, 0.15) is 12.2 Å². The van der Waals surface area contributed by atoms with E-state index < -0.39 is 5.92 Å². The molecule has 5 rings (SSSR count). The summed E-state index contributed by atoms with van der Waals surface area (Å²) in [4.78, 5) is 26.4. The van der Waals surface area contributed by atoms with Gasteiger partial charge in [0.05, 0.1) is 64.7 Å². The summed E-state index contributed by atoms with van der Waals surface area (Å²) in [5.41, 5.74) is 0.834. The molecule has 0 amide bonds. The van der Waals surface area contributed by atoms with Crippen LogP contribution in [0.2, 0.25) is 0 Å². The second-order valence-electron chi connectivity index (χ2n) is 12.3. The van der Waals surface area contributed by atoms with Crippen molar-refractivity contribution < 1.29 is 28.0 Å². The highest BCUT2D eigenvalue weighted by molar-refractivity contribution is 5.84. The van der Waals surface area contributed by atoms with E-state index in [0.29, 0.717) is 24.2 Å². The SMILES string of the molecule is C[N+]1(C)C2CCC1CC(OC(=O)C(CC(=O)OC1C[C@H]3CC[C@@H](C1)[N+]3(C)C)c1ccccc1)C2. The molecule has 0 spiro atoms. The third-order valence-electron chi connectivity index (χ3n) is 10.0. The highest BCUT2D eigenvalue weighted by Crippen LogP contribution is 2.42. The standard InChI is InChI=1S/C28H42N2O4/c1-29(2)20-10-11-21(29)15-24(14-20)33-27(31)18-26(19-8-6-5-7-9-19)28(32)34-25-16-22-12-13-23(17-25)30(22,3)4/h5-9,20-26H,10-18H2,1-4H3/q+2/t20-,21+,22?,23?,24?,25?,26?. The van der Waals surface area contributed by atoms with Crippen molar-refractivity contribution in [2.75, 3.05) is 28.2 Å². The maximum absolute atomic E-state index is 13.4. The van der Waals surface area contributed by atoms with Gasteiger partial charge in [0.2, 0.25) is 0 Å². The maximum Gasteiger partial charge on any atom is 0.314 e. The number of ether oxygens (including phenoxy) is 2. The van der Waals surface area contributed by atoms with Crippen molar-refractivity contribution in [3.05, 3.63) is 35.9 Å². The molecule has 34 heavy (non-hydrogen) atoms. The molecule has 4 unspecified atom stereocenters. The number of fused-ring (bicyclic) bond motifs is 4. The monoisotopic (exact) mass is 470 g/mol. The van der Waals surface area contributed by atoms with Gasteiger partial charge in [0, 0.05) is 51.4 Å². The number of hydrogen-bond acceptors (Lipinski definition) is 4. The highest BCUT2D eigenvalue weighted by Gasteiger charge is 2.51. The zero-order valence-electron chi connectivity index (χ0n) is 21.3. The van der Waals surface area contributed by atoms with Crippen LogP contribution in [-0.4, -0.2) is 85.5 Å². The van der Waals surface area contributed by atoms with Crippen molar-refractivity contribution in [1.82, 2.24) is 0 Å². The molecule has 186 valence electrons. The first-order valence-electron chi connectivity index (χ1n) is 13.3. The summed E-state index contributed by atoms with van der Waals surface area (Å²) in [6.07, 6.45) is 8.49. The topological polar surface area (TPSA) is 52.6 Å². The molecule has 0 radical (unpaired) electrons. The Balaban J connectivity index is 1.23. The molecule has 6 heteroatoms. The van der Waals surface area contributed by atoms with Gasteiger partial charge < -0.3 is 18.4 Å². The van der Waals surface area contributed by atoms with E-state index >= 15 is 0 Å². The van der Waals surface area contributed by atoms with Crippen LogP contribution in [-0.2, 0) is 19.1 Å². The molecular formula is C28H42N2O4+2. The fourth-order valence-electron chi connectivity index (χ4n) is 7.52. The quantitative estimate of drug-likeness (QED) is 0.469.